The average Bonchev–Trinajstić information content (AvgIpc) is 2.57. The second-order valence-corrected chi connectivity index (χ2v) is 3.21. The molecule has 0 aliphatic carbocycles. The molecule has 0 radical (unpaired) electrons. The van der Waals surface area contributed by atoms with Gasteiger partial charge in [0, 0.05) is 11.6 Å². The molecule has 1 fully saturated rings. The molecule has 1 aromatic rings. The van der Waals surface area contributed by atoms with Gasteiger partial charge < -0.3 is 10.4 Å². The van der Waals surface area contributed by atoms with Crippen molar-refractivity contribution in [2.75, 3.05) is 6.54 Å². The van der Waals surface area contributed by atoms with E-state index in [-0.39, 0.29) is 12.4 Å². The van der Waals surface area contributed by atoms with Crippen molar-refractivity contribution < 1.29 is 5.11 Å². The van der Waals surface area contributed by atoms with Crippen molar-refractivity contribution in [2.24, 2.45) is 0 Å². The third kappa shape index (κ3) is 2.14. The van der Waals surface area contributed by atoms with E-state index in [0.29, 0.717) is 11.8 Å². The molecule has 1 heterocycles. The fourth-order valence-electron chi connectivity index (χ4n) is 1.73. The van der Waals surface area contributed by atoms with Gasteiger partial charge in [-0.05, 0) is 25.5 Å². The summed E-state index contributed by atoms with van der Waals surface area (Å²) in [6.07, 6.45) is 2.34. The van der Waals surface area contributed by atoms with Crippen LogP contribution in [0.25, 0.3) is 0 Å². The molecule has 0 amide bonds. The third-order valence-electron chi connectivity index (χ3n) is 2.37. The van der Waals surface area contributed by atoms with Crippen LogP contribution in [0.15, 0.2) is 24.3 Å². The largest absolute Gasteiger partial charge is 0.508 e. The number of hydrogen-bond acceptors (Lipinski definition) is 2. The highest BCUT2D eigenvalue weighted by molar-refractivity contribution is 5.85. The first kappa shape index (κ1) is 10.4. The zero-order valence-corrected chi connectivity index (χ0v) is 8.18. The van der Waals surface area contributed by atoms with Crippen LogP contribution in [0.2, 0.25) is 0 Å². The standard InChI is InChI=1S/C10H13NO.ClH/c12-10-6-2-1-4-8(10)9-5-3-7-11-9;/h1-2,4,6,9,11-12H,3,5,7H2;1H. The Bertz CT molecular complexity index is 271. The summed E-state index contributed by atoms with van der Waals surface area (Å²) >= 11 is 0. The molecule has 2 rings (SSSR count). The summed E-state index contributed by atoms with van der Waals surface area (Å²) in [7, 11) is 0. The van der Waals surface area contributed by atoms with E-state index in [0.717, 1.165) is 18.5 Å². The maximum atomic E-state index is 9.53. The van der Waals surface area contributed by atoms with Gasteiger partial charge in [-0.2, -0.15) is 0 Å². The lowest BCUT2D eigenvalue weighted by Crippen LogP contribution is -2.12. The second kappa shape index (κ2) is 4.49. The van der Waals surface area contributed by atoms with Crippen LogP contribution in [0.5, 0.6) is 5.75 Å². The minimum Gasteiger partial charge on any atom is -0.508 e. The second-order valence-electron chi connectivity index (χ2n) is 3.21. The van der Waals surface area contributed by atoms with Crippen LogP contribution >= 0.6 is 12.4 Å². The van der Waals surface area contributed by atoms with Crippen LogP contribution in [0.3, 0.4) is 0 Å². The van der Waals surface area contributed by atoms with E-state index in [4.69, 9.17) is 0 Å². The van der Waals surface area contributed by atoms with E-state index in [1.54, 1.807) is 6.07 Å². The molecule has 0 saturated carbocycles. The van der Waals surface area contributed by atoms with Crippen molar-refractivity contribution in [1.82, 2.24) is 5.32 Å². The van der Waals surface area contributed by atoms with Gasteiger partial charge in [-0.15, -0.1) is 12.4 Å². The monoisotopic (exact) mass is 199 g/mol. The number of benzene rings is 1. The average molecular weight is 200 g/mol. The topological polar surface area (TPSA) is 32.3 Å². The normalized spacial score (nSPS) is 21.1. The van der Waals surface area contributed by atoms with Crippen molar-refractivity contribution in [2.45, 2.75) is 18.9 Å². The van der Waals surface area contributed by atoms with E-state index in [1.165, 1.54) is 6.42 Å². The van der Waals surface area contributed by atoms with E-state index in [9.17, 15) is 5.11 Å². The molecule has 1 atom stereocenters. The third-order valence-corrected chi connectivity index (χ3v) is 2.37. The molecule has 0 spiro atoms. The first-order valence-electron chi connectivity index (χ1n) is 4.39. The van der Waals surface area contributed by atoms with Crippen molar-refractivity contribution in [1.29, 1.82) is 0 Å². The first-order valence-corrected chi connectivity index (χ1v) is 4.39. The molecule has 1 aliphatic rings. The van der Waals surface area contributed by atoms with Crippen LogP contribution < -0.4 is 5.32 Å². The minimum atomic E-state index is 0. The lowest BCUT2D eigenvalue weighted by Gasteiger charge is -2.11. The van der Waals surface area contributed by atoms with Gasteiger partial charge in [-0.3, -0.25) is 0 Å². The molecule has 0 bridgehead atoms. The van der Waals surface area contributed by atoms with Crippen molar-refractivity contribution >= 4 is 12.4 Å². The summed E-state index contributed by atoms with van der Waals surface area (Å²) in [6.45, 7) is 1.07. The van der Waals surface area contributed by atoms with Crippen molar-refractivity contribution in [3.05, 3.63) is 29.8 Å². The highest BCUT2D eigenvalue weighted by atomic mass is 35.5. The number of rotatable bonds is 1. The van der Waals surface area contributed by atoms with Gasteiger partial charge in [-0.25, -0.2) is 0 Å². The molecule has 1 unspecified atom stereocenters. The predicted molar refractivity (Wildman–Crippen MR) is 55.3 cm³/mol. The Morgan fingerprint density at radius 3 is 2.69 bits per heavy atom. The van der Waals surface area contributed by atoms with Gasteiger partial charge in [0.1, 0.15) is 5.75 Å². The van der Waals surface area contributed by atoms with Crippen molar-refractivity contribution in [3.8, 4) is 5.75 Å². The van der Waals surface area contributed by atoms with Crippen LogP contribution in [-0.4, -0.2) is 11.7 Å². The number of para-hydroxylation sites is 1. The summed E-state index contributed by atoms with van der Waals surface area (Å²) in [6, 6.07) is 7.92. The molecule has 1 saturated heterocycles. The number of phenolic OH excluding ortho intramolecular Hbond substituents is 1. The maximum absolute atomic E-state index is 9.53. The van der Waals surface area contributed by atoms with E-state index in [2.05, 4.69) is 5.32 Å². The molecular formula is C10H14ClNO. The minimum absolute atomic E-state index is 0. The van der Waals surface area contributed by atoms with Gasteiger partial charge in [0.2, 0.25) is 0 Å². The molecule has 2 N–H and O–H groups in total. The number of hydrogen-bond donors (Lipinski definition) is 2. The van der Waals surface area contributed by atoms with Gasteiger partial charge in [-0.1, -0.05) is 18.2 Å². The number of halogens is 1. The smallest absolute Gasteiger partial charge is 0.120 e. The number of phenols is 1. The lowest BCUT2D eigenvalue weighted by atomic mass is 10.0. The van der Waals surface area contributed by atoms with Crippen LogP contribution in [0.1, 0.15) is 24.4 Å². The molecule has 72 valence electrons. The Morgan fingerprint density at radius 2 is 2.08 bits per heavy atom. The van der Waals surface area contributed by atoms with Crippen molar-refractivity contribution in [3.63, 3.8) is 0 Å². The van der Waals surface area contributed by atoms with Gasteiger partial charge >= 0.3 is 0 Å². The van der Waals surface area contributed by atoms with E-state index >= 15 is 0 Å². The van der Waals surface area contributed by atoms with Gasteiger partial charge in [0.15, 0.2) is 0 Å². The summed E-state index contributed by atoms with van der Waals surface area (Å²) in [4.78, 5) is 0. The molecule has 0 aromatic heterocycles. The maximum Gasteiger partial charge on any atom is 0.120 e. The summed E-state index contributed by atoms with van der Waals surface area (Å²) in [5.74, 6) is 0.414. The fourth-order valence-corrected chi connectivity index (χ4v) is 1.73. The zero-order chi connectivity index (χ0) is 8.39. The quantitative estimate of drug-likeness (QED) is 0.727. The zero-order valence-electron chi connectivity index (χ0n) is 7.36. The number of aromatic hydroxyl groups is 1. The van der Waals surface area contributed by atoms with Crippen LogP contribution in [-0.2, 0) is 0 Å². The molecular weight excluding hydrogens is 186 g/mol. The van der Waals surface area contributed by atoms with Gasteiger partial charge in [0.05, 0.1) is 0 Å². The SMILES string of the molecule is Cl.Oc1ccccc1C1CCCN1. The molecule has 1 aliphatic heterocycles. The summed E-state index contributed by atoms with van der Waals surface area (Å²) in [5.41, 5.74) is 1.04. The predicted octanol–water partition coefficient (Wildman–Crippen LogP) is 2.24. The van der Waals surface area contributed by atoms with E-state index < -0.39 is 0 Å². The summed E-state index contributed by atoms with van der Waals surface area (Å²) in [5, 5.41) is 12.9. The summed E-state index contributed by atoms with van der Waals surface area (Å²) < 4.78 is 0. The Labute approximate surface area is 84.4 Å². The Kier molecular flexibility index (Phi) is 3.58. The number of nitrogens with one attached hydrogen (secondary N) is 1. The highest BCUT2D eigenvalue weighted by Crippen LogP contribution is 2.29. The molecule has 2 nitrogen and oxygen atoms in total. The first-order chi connectivity index (χ1) is 5.88. The van der Waals surface area contributed by atoms with E-state index in [1.807, 2.05) is 18.2 Å². The van der Waals surface area contributed by atoms with Crippen LogP contribution in [0, 0.1) is 0 Å². The Morgan fingerprint density at radius 1 is 1.31 bits per heavy atom. The highest BCUT2D eigenvalue weighted by Gasteiger charge is 2.18. The van der Waals surface area contributed by atoms with Crippen LogP contribution in [0.4, 0.5) is 0 Å². The Balaban J connectivity index is 0.000000845. The fraction of sp³-hybridized carbons (Fsp3) is 0.400. The van der Waals surface area contributed by atoms with Gasteiger partial charge in [0.25, 0.3) is 0 Å². The Hall–Kier alpha value is -0.730. The lowest BCUT2D eigenvalue weighted by molar-refractivity contribution is 0.457. The molecule has 3 heteroatoms. The molecule has 13 heavy (non-hydrogen) atoms. The molecule has 1 aromatic carbocycles.